The topological polar surface area (TPSA) is 54.0 Å². The SMILES string of the molecule is CCOc1cccc(OCC)c1C(c1ccccc1)P(=O)(C(C)CC)C(c1ccccc1)c1c(OCC)cccc1OCC. The molecule has 0 saturated heterocycles. The summed E-state index contributed by atoms with van der Waals surface area (Å²) in [7, 11) is -3.44. The van der Waals surface area contributed by atoms with Crippen LogP contribution in [0.5, 0.6) is 23.0 Å². The third-order valence-corrected chi connectivity index (χ3v) is 12.6. The fraction of sp³-hybridized carbons (Fsp3) is 0.368. The van der Waals surface area contributed by atoms with Crippen molar-refractivity contribution in [2.24, 2.45) is 0 Å². The van der Waals surface area contributed by atoms with Gasteiger partial charge in [0.1, 0.15) is 30.1 Å². The van der Waals surface area contributed by atoms with E-state index in [1.54, 1.807) is 0 Å². The molecule has 4 aromatic rings. The van der Waals surface area contributed by atoms with Crippen molar-refractivity contribution in [2.45, 2.75) is 64.9 Å². The molecule has 0 aliphatic carbocycles. The van der Waals surface area contributed by atoms with E-state index in [2.05, 4.69) is 38.1 Å². The monoisotopic (exact) mass is 614 g/mol. The highest BCUT2D eigenvalue weighted by Crippen LogP contribution is 2.78. The van der Waals surface area contributed by atoms with Crippen molar-refractivity contribution >= 4 is 7.14 Å². The minimum Gasteiger partial charge on any atom is -0.493 e. The van der Waals surface area contributed by atoms with Crippen LogP contribution < -0.4 is 18.9 Å². The van der Waals surface area contributed by atoms with E-state index in [0.717, 1.165) is 22.3 Å². The summed E-state index contributed by atoms with van der Waals surface area (Å²) in [6.07, 6.45) is 0.714. The Hall–Kier alpha value is -3.69. The molecule has 0 spiro atoms. The molecule has 44 heavy (non-hydrogen) atoms. The van der Waals surface area contributed by atoms with Gasteiger partial charge in [-0.15, -0.1) is 0 Å². The van der Waals surface area contributed by atoms with Crippen LogP contribution in [-0.2, 0) is 4.57 Å². The number of rotatable bonds is 16. The smallest absolute Gasteiger partial charge is 0.127 e. The zero-order chi connectivity index (χ0) is 31.5. The second kappa shape index (κ2) is 15.9. The van der Waals surface area contributed by atoms with Crippen LogP contribution in [0.2, 0.25) is 0 Å². The van der Waals surface area contributed by atoms with Gasteiger partial charge in [-0.25, -0.2) is 0 Å². The molecule has 0 amide bonds. The molecule has 3 unspecified atom stereocenters. The van der Waals surface area contributed by atoms with Gasteiger partial charge in [0, 0.05) is 5.66 Å². The second-order valence-corrected chi connectivity index (χ2v) is 14.2. The molecule has 0 bridgehead atoms. The lowest BCUT2D eigenvalue weighted by Crippen LogP contribution is -2.21. The minimum absolute atomic E-state index is 0.189. The van der Waals surface area contributed by atoms with Crippen molar-refractivity contribution in [1.29, 1.82) is 0 Å². The maximum atomic E-state index is 17.0. The van der Waals surface area contributed by atoms with Gasteiger partial charge in [0.2, 0.25) is 0 Å². The first-order valence-corrected chi connectivity index (χ1v) is 17.8. The van der Waals surface area contributed by atoms with Gasteiger partial charge >= 0.3 is 0 Å². The Labute approximate surface area is 263 Å². The summed E-state index contributed by atoms with van der Waals surface area (Å²) >= 11 is 0. The summed E-state index contributed by atoms with van der Waals surface area (Å²) in [4.78, 5) is 0. The third-order valence-electron chi connectivity index (χ3n) is 8.12. The molecule has 0 saturated carbocycles. The zero-order valence-corrected chi connectivity index (χ0v) is 27.9. The first kappa shape index (κ1) is 33.2. The highest BCUT2D eigenvalue weighted by molar-refractivity contribution is 7.65. The maximum absolute atomic E-state index is 17.0. The molecule has 0 aliphatic rings. The molecule has 6 heteroatoms. The predicted octanol–water partition coefficient (Wildman–Crippen LogP) is 10.3. The molecule has 0 radical (unpaired) electrons. The lowest BCUT2D eigenvalue weighted by Gasteiger charge is -2.41. The van der Waals surface area contributed by atoms with Gasteiger partial charge < -0.3 is 23.5 Å². The van der Waals surface area contributed by atoms with Crippen LogP contribution >= 0.6 is 7.14 Å². The average molecular weight is 615 g/mol. The van der Waals surface area contributed by atoms with Crippen LogP contribution in [0.15, 0.2) is 97.1 Å². The van der Waals surface area contributed by atoms with E-state index in [1.807, 2.05) is 100 Å². The normalized spacial score (nSPS) is 14.6. The van der Waals surface area contributed by atoms with Gasteiger partial charge in [0.25, 0.3) is 0 Å². The van der Waals surface area contributed by atoms with E-state index in [-0.39, 0.29) is 5.66 Å². The van der Waals surface area contributed by atoms with Gasteiger partial charge in [-0.2, -0.15) is 0 Å². The van der Waals surface area contributed by atoms with E-state index < -0.39 is 18.5 Å². The summed E-state index contributed by atoms with van der Waals surface area (Å²) in [5, 5.41) is 0. The molecule has 4 rings (SSSR count). The Kier molecular flexibility index (Phi) is 12.0. The summed E-state index contributed by atoms with van der Waals surface area (Å²) in [5.41, 5.74) is 2.27. The molecular formula is C38H47O5P. The molecule has 234 valence electrons. The van der Waals surface area contributed by atoms with Gasteiger partial charge in [-0.1, -0.05) is 86.6 Å². The molecule has 0 aliphatic heterocycles. The maximum Gasteiger partial charge on any atom is 0.127 e. The highest BCUT2D eigenvalue weighted by Gasteiger charge is 2.50. The first-order valence-electron chi connectivity index (χ1n) is 15.9. The van der Waals surface area contributed by atoms with E-state index in [1.165, 1.54) is 0 Å². The largest absolute Gasteiger partial charge is 0.493 e. The van der Waals surface area contributed by atoms with Gasteiger partial charge in [-0.3, -0.25) is 0 Å². The number of hydrogen-bond donors (Lipinski definition) is 0. The number of ether oxygens (including phenoxy) is 4. The summed E-state index contributed by atoms with van der Waals surface area (Å²) in [6, 6.07) is 32.2. The standard InChI is InChI=1S/C38H47O5P/c1-7-28(6)44(39,37(29-20-14-12-15-21-29)35-31(40-8-2)24-18-25-32(35)41-9-3)38(30-22-16-13-17-23-30)36-33(42-10-4)26-19-27-34(36)43-11-5/h12-28,37-38H,7-11H2,1-6H3. The molecule has 0 fully saturated rings. The molecule has 0 heterocycles. The molecular weight excluding hydrogens is 567 g/mol. The van der Waals surface area contributed by atoms with E-state index in [9.17, 15) is 0 Å². The van der Waals surface area contributed by atoms with E-state index in [0.29, 0.717) is 55.8 Å². The van der Waals surface area contributed by atoms with E-state index >= 15 is 4.57 Å². The van der Waals surface area contributed by atoms with Crippen LogP contribution in [-0.4, -0.2) is 32.1 Å². The summed E-state index contributed by atoms with van der Waals surface area (Å²) in [5.74, 6) is 2.74. The van der Waals surface area contributed by atoms with E-state index in [4.69, 9.17) is 18.9 Å². The predicted molar refractivity (Wildman–Crippen MR) is 181 cm³/mol. The first-order chi connectivity index (χ1) is 21.5. The second-order valence-electron chi connectivity index (χ2n) is 10.7. The van der Waals surface area contributed by atoms with Gasteiger partial charge in [0.05, 0.1) is 48.9 Å². The Morgan fingerprint density at radius 2 is 0.818 bits per heavy atom. The Morgan fingerprint density at radius 1 is 0.500 bits per heavy atom. The molecule has 0 aromatic heterocycles. The number of hydrogen-bond acceptors (Lipinski definition) is 5. The van der Waals surface area contributed by atoms with Gasteiger partial charge in [0.15, 0.2) is 0 Å². The van der Waals surface area contributed by atoms with Crippen LogP contribution in [0.4, 0.5) is 0 Å². The van der Waals surface area contributed by atoms with Crippen LogP contribution in [0.1, 0.15) is 81.5 Å². The summed E-state index contributed by atoms with van der Waals surface area (Å²) < 4.78 is 42.2. The molecule has 3 atom stereocenters. The van der Waals surface area contributed by atoms with Crippen LogP contribution in [0.25, 0.3) is 0 Å². The Morgan fingerprint density at radius 3 is 1.09 bits per heavy atom. The lowest BCUT2D eigenvalue weighted by molar-refractivity contribution is 0.315. The van der Waals surface area contributed by atoms with Crippen LogP contribution in [0.3, 0.4) is 0 Å². The molecule has 0 N–H and O–H groups in total. The minimum atomic E-state index is -3.44. The molecule has 5 nitrogen and oxygen atoms in total. The fourth-order valence-electron chi connectivity index (χ4n) is 6.13. The van der Waals surface area contributed by atoms with Crippen molar-refractivity contribution in [3.8, 4) is 23.0 Å². The van der Waals surface area contributed by atoms with Crippen molar-refractivity contribution in [3.63, 3.8) is 0 Å². The van der Waals surface area contributed by atoms with Gasteiger partial charge in [-0.05, 0) is 69.5 Å². The third kappa shape index (κ3) is 6.84. The summed E-state index contributed by atoms with van der Waals surface area (Å²) in [6.45, 7) is 14.0. The van der Waals surface area contributed by atoms with Crippen molar-refractivity contribution < 1.29 is 23.5 Å². The highest BCUT2D eigenvalue weighted by atomic mass is 31.2. The van der Waals surface area contributed by atoms with Crippen molar-refractivity contribution in [3.05, 3.63) is 119 Å². The van der Waals surface area contributed by atoms with Crippen molar-refractivity contribution in [1.82, 2.24) is 0 Å². The Bertz CT molecular complexity index is 1350. The number of benzene rings is 4. The molecule has 4 aromatic carbocycles. The zero-order valence-electron chi connectivity index (χ0n) is 27.0. The quantitative estimate of drug-likeness (QED) is 0.118. The fourth-order valence-corrected chi connectivity index (χ4v) is 10.6. The van der Waals surface area contributed by atoms with Crippen LogP contribution in [0, 0.1) is 0 Å². The lowest BCUT2D eigenvalue weighted by atomic mass is 10.0. The Balaban J connectivity index is 2.21. The van der Waals surface area contributed by atoms with Crippen molar-refractivity contribution in [2.75, 3.05) is 26.4 Å². The average Bonchev–Trinajstić information content (AvgIpc) is 3.05.